The predicted molar refractivity (Wildman–Crippen MR) is 144 cm³/mol. The summed E-state index contributed by atoms with van der Waals surface area (Å²) in [6.45, 7) is 5.91. The van der Waals surface area contributed by atoms with Crippen LogP contribution < -0.4 is 10.0 Å². The molecule has 188 valence electrons. The average molecular weight is 485 g/mol. The summed E-state index contributed by atoms with van der Waals surface area (Å²) in [6, 6.07) is 3.48. The first kappa shape index (κ1) is 24.5. The average Bonchev–Trinajstić information content (AvgIpc) is 3.17. The van der Waals surface area contributed by atoms with E-state index in [4.69, 9.17) is 0 Å². The smallest absolute Gasteiger partial charge is 0.307 e. The van der Waals surface area contributed by atoms with Gasteiger partial charge in [-0.2, -0.15) is 0 Å². The number of urea groups is 1. The SMILES string of the molecule is CN(C)C(C)(C)C(CSNC(=O)Nc1c2c(cc3c1CCC3)CCC2)N1CCCC1CC1CC1. The van der Waals surface area contributed by atoms with Crippen molar-refractivity contribution in [3.05, 3.63) is 28.3 Å². The van der Waals surface area contributed by atoms with Gasteiger partial charge in [0.05, 0.1) is 0 Å². The van der Waals surface area contributed by atoms with Gasteiger partial charge in [-0.05, 0) is 132 Å². The highest BCUT2D eigenvalue weighted by atomic mass is 32.2. The normalized spacial score (nSPS) is 23.3. The first-order valence-electron chi connectivity index (χ1n) is 13.6. The van der Waals surface area contributed by atoms with Crippen molar-refractivity contribution in [1.29, 1.82) is 0 Å². The number of amides is 2. The minimum absolute atomic E-state index is 0.0401. The van der Waals surface area contributed by atoms with E-state index in [2.05, 4.69) is 53.8 Å². The molecular weight excluding hydrogens is 440 g/mol. The Kier molecular flexibility index (Phi) is 7.21. The fourth-order valence-corrected chi connectivity index (χ4v) is 7.58. The van der Waals surface area contributed by atoms with Crippen LogP contribution in [0.25, 0.3) is 0 Å². The molecule has 1 saturated carbocycles. The van der Waals surface area contributed by atoms with Crippen LogP contribution in [0, 0.1) is 5.92 Å². The molecule has 5 rings (SSSR count). The van der Waals surface area contributed by atoms with Crippen molar-refractivity contribution in [3.8, 4) is 0 Å². The Morgan fingerprint density at radius 2 is 1.76 bits per heavy atom. The molecule has 0 radical (unpaired) electrons. The molecule has 1 aliphatic heterocycles. The fraction of sp³-hybridized carbons (Fsp3) is 0.750. The standard InChI is InChI=1S/C28H44N4OS/c1-28(2,31(3)4)25(32-15-7-10-22(32)16-19-13-14-19)18-34-30-27(33)29-26-23-11-5-8-20(23)17-21-9-6-12-24(21)26/h17,19,22,25H,5-16,18H2,1-4H3,(H2,29,30,33). The number of carbonyl (C=O) groups excluding carboxylic acids is 1. The third-order valence-electron chi connectivity index (χ3n) is 9.21. The maximum Gasteiger partial charge on any atom is 0.329 e. The Morgan fingerprint density at radius 1 is 1.09 bits per heavy atom. The number of fused-ring (bicyclic) bond motifs is 2. The molecule has 1 heterocycles. The number of carbonyl (C=O) groups is 1. The van der Waals surface area contributed by atoms with E-state index in [0.29, 0.717) is 12.1 Å². The second-order valence-corrected chi connectivity index (χ2v) is 12.7. The van der Waals surface area contributed by atoms with Crippen molar-refractivity contribution in [2.24, 2.45) is 5.92 Å². The maximum absolute atomic E-state index is 13.0. The van der Waals surface area contributed by atoms with Crippen LogP contribution >= 0.6 is 11.9 Å². The summed E-state index contributed by atoms with van der Waals surface area (Å²) in [7, 11) is 4.39. The molecule has 1 saturated heterocycles. The number of anilines is 1. The minimum atomic E-state index is -0.0586. The van der Waals surface area contributed by atoms with Crippen LogP contribution in [0.3, 0.4) is 0 Å². The Hall–Kier alpha value is -1.24. The van der Waals surface area contributed by atoms with Crippen molar-refractivity contribution >= 4 is 23.7 Å². The number of hydrogen-bond donors (Lipinski definition) is 2. The first-order valence-corrected chi connectivity index (χ1v) is 14.6. The van der Waals surface area contributed by atoms with Crippen LogP contribution in [-0.2, 0) is 25.7 Å². The van der Waals surface area contributed by atoms with E-state index < -0.39 is 0 Å². The number of rotatable bonds is 9. The van der Waals surface area contributed by atoms with Gasteiger partial charge < -0.3 is 10.2 Å². The van der Waals surface area contributed by atoms with E-state index in [1.807, 2.05) is 0 Å². The van der Waals surface area contributed by atoms with Crippen molar-refractivity contribution in [3.63, 3.8) is 0 Å². The van der Waals surface area contributed by atoms with E-state index in [1.54, 1.807) is 11.9 Å². The zero-order valence-electron chi connectivity index (χ0n) is 21.7. The predicted octanol–water partition coefficient (Wildman–Crippen LogP) is 5.41. The molecule has 1 aromatic carbocycles. The zero-order valence-corrected chi connectivity index (χ0v) is 22.5. The number of nitrogens with one attached hydrogen (secondary N) is 2. The van der Waals surface area contributed by atoms with Gasteiger partial charge in [-0.3, -0.25) is 9.62 Å². The summed E-state index contributed by atoms with van der Waals surface area (Å²) < 4.78 is 3.17. The molecular formula is C28H44N4OS. The van der Waals surface area contributed by atoms with E-state index in [1.165, 1.54) is 73.7 Å². The molecule has 2 amide bonds. The van der Waals surface area contributed by atoms with E-state index in [0.717, 1.165) is 43.0 Å². The van der Waals surface area contributed by atoms with Crippen molar-refractivity contribution < 1.29 is 4.79 Å². The molecule has 2 unspecified atom stereocenters. The lowest BCUT2D eigenvalue weighted by molar-refractivity contribution is 0.0508. The van der Waals surface area contributed by atoms with E-state index in [9.17, 15) is 4.79 Å². The second kappa shape index (κ2) is 10.0. The third kappa shape index (κ3) is 5.01. The Bertz CT molecular complexity index is 878. The van der Waals surface area contributed by atoms with Crippen LogP contribution in [0.4, 0.5) is 10.5 Å². The summed E-state index contributed by atoms with van der Waals surface area (Å²) >= 11 is 1.59. The molecule has 0 aromatic heterocycles. The van der Waals surface area contributed by atoms with Gasteiger partial charge in [-0.25, -0.2) is 4.79 Å². The topological polar surface area (TPSA) is 47.6 Å². The van der Waals surface area contributed by atoms with Gasteiger partial charge >= 0.3 is 6.03 Å². The van der Waals surface area contributed by atoms with Gasteiger partial charge in [0.2, 0.25) is 0 Å². The largest absolute Gasteiger partial charge is 0.329 e. The van der Waals surface area contributed by atoms with Crippen LogP contribution in [0.15, 0.2) is 6.07 Å². The van der Waals surface area contributed by atoms with Gasteiger partial charge in [0.25, 0.3) is 0 Å². The molecule has 4 aliphatic rings. The highest BCUT2D eigenvalue weighted by molar-refractivity contribution is 7.98. The lowest BCUT2D eigenvalue weighted by Crippen LogP contribution is -2.59. The summed E-state index contributed by atoms with van der Waals surface area (Å²) in [5, 5.41) is 3.30. The zero-order chi connectivity index (χ0) is 23.9. The summed E-state index contributed by atoms with van der Waals surface area (Å²) in [6.07, 6.45) is 13.8. The molecule has 2 fully saturated rings. The van der Waals surface area contributed by atoms with Gasteiger partial charge in [0.15, 0.2) is 0 Å². The molecule has 0 bridgehead atoms. The summed E-state index contributed by atoms with van der Waals surface area (Å²) in [5.41, 5.74) is 6.90. The number of hydrogen-bond acceptors (Lipinski definition) is 4. The minimum Gasteiger partial charge on any atom is -0.307 e. The van der Waals surface area contributed by atoms with E-state index in [-0.39, 0.29) is 11.6 Å². The Morgan fingerprint density at radius 3 is 2.38 bits per heavy atom. The number of nitrogens with zero attached hydrogens (tertiary/aromatic N) is 2. The van der Waals surface area contributed by atoms with Crippen molar-refractivity contribution in [2.75, 3.05) is 31.7 Å². The molecule has 0 spiro atoms. The van der Waals surface area contributed by atoms with Crippen molar-refractivity contribution in [1.82, 2.24) is 14.5 Å². The quantitative estimate of drug-likeness (QED) is 0.460. The van der Waals surface area contributed by atoms with Crippen LogP contribution in [0.5, 0.6) is 0 Å². The number of likely N-dealkylation sites (N-methyl/N-ethyl adjacent to an activating group) is 1. The highest BCUT2D eigenvalue weighted by Gasteiger charge is 2.42. The molecule has 34 heavy (non-hydrogen) atoms. The monoisotopic (exact) mass is 484 g/mol. The third-order valence-corrected chi connectivity index (χ3v) is 10.0. The lowest BCUT2D eigenvalue weighted by Gasteiger charge is -2.46. The first-order chi connectivity index (χ1) is 16.3. The Labute approximate surface area is 210 Å². The molecule has 1 aromatic rings. The van der Waals surface area contributed by atoms with E-state index >= 15 is 0 Å². The highest BCUT2D eigenvalue weighted by Crippen LogP contribution is 2.40. The van der Waals surface area contributed by atoms with Crippen molar-refractivity contribution in [2.45, 2.75) is 102 Å². The number of benzene rings is 1. The maximum atomic E-state index is 13.0. The number of aryl methyl sites for hydroxylation is 2. The molecule has 6 heteroatoms. The Balaban J connectivity index is 1.24. The lowest BCUT2D eigenvalue weighted by atomic mass is 9.92. The van der Waals surface area contributed by atoms with Crippen LogP contribution in [0.2, 0.25) is 0 Å². The van der Waals surface area contributed by atoms with Gasteiger partial charge in [0, 0.05) is 29.1 Å². The van der Waals surface area contributed by atoms with Gasteiger partial charge in [-0.1, -0.05) is 18.9 Å². The molecule has 2 N–H and O–H groups in total. The fourth-order valence-electron chi connectivity index (χ4n) is 6.56. The molecule has 3 aliphatic carbocycles. The molecule has 5 nitrogen and oxygen atoms in total. The van der Waals surface area contributed by atoms with Crippen LogP contribution in [0.1, 0.15) is 81.0 Å². The van der Waals surface area contributed by atoms with Crippen LogP contribution in [-0.4, -0.2) is 59.8 Å². The van der Waals surface area contributed by atoms with Gasteiger partial charge in [-0.15, -0.1) is 0 Å². The molecule has 2 atom stereocenters. The summed E-state index contributed by atoms with van der Waals surface area (Å²) in [4.78, 5) is 18.2. The number of likely N-dealkylation sites (tertiary alicyclic amines) is 1. The summed E-state index contributed by atoms with van der Waals surface area (Å²) in [5.74, 6) is 1.87. The van der Waals surface area contributed by atoms with Gasteiger partial charge in [0.1, 0.15) is 0 Å². The second-order valence-electron chi connectivity index (χ2n) is 11.9.